The average molecular weight is 208 g/mol. The molecule has 0 saturated heterocycles. The molecule has 1 rings (SSSR count). The number of thiocyanates is 1. The van der Waals surface area contributed by atoms with Gasteiger partial charge in [0.2, 0.25) is 0 Å². The Morgan fingerprint density at radius 2 is 2.21 bits per heavy atom. The zero-order valence-corrected chi connectivity index (χ0v) is 9.55. The first kappa shape index (κ1) is 12.9. The highest BCUT2D eigenvalue weighted by molar-refractivity contribution is 7.64. The maximum absolute atomic E-state index is 7.13. The van der Waals surface area contributed by atoms with Crippen LogP contribution in [0, 0.1) is 17.6 Å². The largest absolute Gasteiger partial charge is 0.696 e. The second-order valence-electron chi connectivity index (χ2n) is 3.06. The first-order valence-corrected chi connectivity index (χ1v) is 5.12. The molecule has 1 aromatic heterocycles. The molecule has 0 atom stereocenters. The molecule has 0 unspecified atom stereocenters. The summed E-state index contributed by atoms with van der Waals surface area (Å²) in [7, 11) is 0. The Morgan fingerprint density at radius 3 is 2.71 bits per heavy atom. The number of nitriles is 1. The molecule has 0 aromatic carbocycles. The fourth-order valence-corrected chi connectivity index (χ4v) is 1.13. The highest BCUT2D eigenvalue weighted by atomic mass is 32.1. The number of hydrogen-bond donors (Lipinski definition) is 0. The van der Waals surface area contributed by atoms with Crippen molar-refractivity contribution in [2.75, 3.05) is 0 Å². The van der Waals surface area contributed by atoms with Crippen LogP contribution in [0.15, 0.2) is 24.5 Å². The maximum Gasteiger partial charge on any atom is 0.171 e. The molecular weight excluding hydrogens is 192 g/mol. The summed E-state index contributed by atoms with van der Waals surface area (Å²) in [4.78, 5) is 0. The minimum atomic E-state index is 1.15. The van der Waals surface area contributed by atoms with Gasteiger partial charge in [0.1, 0.15) is 6.54 Å². The van der Waals surface area contributed by atoms with Gasteiger partial charge < -0.3 is 12.6 Å². The molecule has 1 aromatic rings. The van der Waals surface area contributed by atoms with E-state index in [1.807, 2.05) is 0 Å². The van der Waals surface area contributed by atoms with E-state index in [2.05, 4.69) is 55.6 Å². The molecule has 1 heterocycles. The summed E-state index contributed by atoms with van der Waals surface area (Å²) in [5, 5.41) is 8.47. The van der Waals surface area contributed by atoms with Crippen LogP contribution in [-0.4, -0.2) is 0 Å². The summed E-state index contributed by atoms with van der Waals surface area (Å²) in [6.07, 6.45) is 6.85. The number of pyridine rings is 1. The summed E-state index contributed by atoms with van der Waals surface area (Å²) < 4.78 is 2.25. The van der Waals surface area contributed by atoms with Crippen molar-refractivity contribution in [2.24, 2.45) is 0 Å². The van der Waals surface area contributed by atoms with Crippen molar-refractivity contribution < 1.29 is 4.57 Å². The van der Waals surface area contributed by atoms with E-state index in [0.29, 0.717) is 0 Å². The Morgan fingerprint density at radius 1 is 1.57 bits per heavy atom. The van der Waals surface area contributed by atoms with E-state index in [4.69, 9.17) is 5.26 Å². The number of aryl methyl sites for hydroxylation is 2. The highest BCUT2D eigenvalue weighted by Crippen LogP contribution is 1.91. The number of rotatable bonds is 3. The molecule has 2 nitrogen and oxygen atoms in total. The van der Waals surface area contributed by atoms with E-state index < -0.39 is 0 Å². The van der Waals surface area contributed by atoms with E-state index in [1.54, 1.807) is 0 Å². The predicted octanol–water partition coefficient (Wildman–Crippen LogP) is 2.10. The van der Waals surface area contributed by atoms with E-state index >= 15 is 0 Å². The Kier molecular flexibility index (Phi) is 7.77. The standard InChI is InChI=1S/C10H16N.CHNS/c1-3-4-7-11-8-5-6-10(2)9-11;2-1-3/h5-6,8-9H,3-4,7H2,1-2H3;3H/q+1;/p-1. The molecule has 0 N–H and O–H groups in total. The van der Waals surface area contributed by atoms with Gasteiger partial charge in [-0.2, -0.15) is 0 Å². The number of aromatic nitrogens is 1. The quantitative estimate of drug-likeness (QED) is 0.432. The first-order valence-electron chi connectivity index (χ1n) is 4.71. The van der Waals surface area contributed by atoms with E-state index in [9.17, 15) is 0 Å². The lowest BCUT2D eigenvalue weighted by Gasteiger charge is -1.94. The SMILES string of the molecule is CCCC[n+]1cccc(C)c1.N#C[S-]. The number of unbranched alkanes of at least 4 members (excludes halogenated alkanes) is 1. The predicted molar refractivity (Wildman–Crippen MR) is 59.3 cm³/mol. The summed E-state index contributed by atoms with van der Waals surface area (Å²) in [6.45, 7) is 5.50. The molecule has 3 heteroatoms. The topological polar surface area (TPSA) is 27.7 Å². The van der Waals surface area contributed by atoms with Crippen molar-refractivity contribution in [3.8, 4) is 5.40 Å². The van der Waals surface area contributed by atoms with Crippen LogP contribution in [0.2, 0.25) is 0 Å². The van der Waals surface area contributed by atoms with Gasteiger partial charge >= 0.3 is 0 Å². The highest BCUT2D eigenvalue weighted by Gasteiger charge is 1.97. The second-order valence-corrected chi connectivity index (χ2v) is 3.25. The van der Waals surface area contributed by atoms with Gasteiger partial charge in [-0.25, -0.2) is 9.83 Å². The molecule has 14 heavy (non-hydrogen) atoms. The van der Waals surface area contributed by atoms with Gasteiger partial charge in [0, 0.05) is 18.1 Å². The molecular formula is C11H16N2S. The van der Waals surface area contributed by atoms with Crippen LogP contribution in [-0.2, 0) is 19.2 Å². The van der Waals surface area contributed by atoms with Crippen molar-refractivity contribution in [1.82, 2.24) is 0 Å². The van der Waals surface area contributed by atoms with Crippen LogP contribution in [0.25, 0.3) is 0 Å². The van der Waals surface area contributed by atoms with E-state index in [-0.39, 0.29) is 0 Å². The molecule has 0 saturated carbocycles. The monoisotopic (exact) mass is 208 g/mol. The summed E-state index contributed by atoms with van der Waals surface area (Å²) in [5.41, 5.74) is 1.34. The minimum Gasteiger partial charge on any atom is -0.696 e. The molecule has 76 valence electrons. The first-order chi connectivity index (χ1) is 6.74. The van der Waals surface area contributed by atoms with Crippen LogP contribution in [0.1, 0.15) is 25.3 Å². The zero-order valence-electron chi connectivity index (χ0n) is 8.73. The van der Waals surface area contributed by atoms with Crippen molar-refractivity contribution >= 4 is 12.6 Å². The van der Waals surface area contributed by atoms with Crippen LogP contribution in [0.4, 0.5) is 0 Å². The number of hydrogen-bond acceptors (Lipinski definition) is 2. The van der Waals surface area contributed by atoms with Crippen molar-refractivity contribution in [3.05, 3.63) is 30.1 Å². The van der Waals surface area contributed by atoms with Gasteiger partial charge in [0.25, 0.3) is 0 Å². The van der Waals surface area contributed by atoms with Crippen LogP contribution in [0.3, 0.4) is 0 Å². The molecule has 0 bridgehead atoms. The summed E-state index contributed by atoms with van der Waals surface area (Å²) in [5.74, 6) is 0. The van der Waals surface area contributed by atoms with Gasteiger partial charge in [0.15, 0.2) is 12.4 Å². The fraction of sp³-hybridized carbons (Fsp3) is 0.455. The maximum atomic E-state index is 7.13. The molecule has 0 spiro atoms. The molecule has 0 aliphatic carbocycles. The Bertz CT molecular complexity index is 292. The third-order valence-electron chi connectivity index (χ3n) is 1.78. The molecule has 0 amide bonds. The molecule has 0 aliphatic rings. The van der Waals surface area contributed by atoms with Gasteiger partial charge in [-0.15, -0.1) is 0 Å². The van der Waals surface area contributed by atoms with Crippen LogP contribution in [0.5, 0.6) is 0 Å². The van der Waals surface area contributed by atoms with Crippen LogP contribution >= 0.6 is 0 Å². The third kappa shape index (κ3) is 6.38. The lowest BCUT2D eigenvalue weighted by molar-refractivity contribution is -0.697. The van der Waals surface area contributed by atoms with Gasteiger partial charge in [-0.05, 0) is 13.0 Å². The van der Waals surface area contributed by atoms with Gasteiger partial charge in [-0.1, -0.05) is 18.7 Å². The number of nitrogens with zero attached hydrogens (tertiary/aromatic N) is 2. The second kappa shape index (κ2) is 8.46. The molecule has 0 aliphatic heterocycles. The van der Waals surface area contributed by atoms with Gasteiger partial charge in [0.05, 0.1) is 0 Å². The average Bonchev–Trinajstić information content (AvgIpc) is 2.16. The Hall–Kier alpha value is -1.14. The van der Waals surface area contributed by atoms with E-state index in [0.717, 1.165) is 6.54 Å². The third-order valence-corrected chi connectivity index (χ3v) is 1.78. The van der Waals surface area contributed by atoms with Gasteiger partial charge in [-0.3, -0.25) is 0 Å². The summed E-state index contributed by atoms with van der Waals surface area (Å²) >= 11 is 3.70. The lowest BCUT2D eigenvalue weighted by Crippen LogP contribution is -2.32. The Labute approximate surface area is 91.6 Å². The smallest absolute Gasteiger partial charge is 0.171 e. The lowest BCUT2D eigenvalue weighted by atomic mass is 10.3. The minimum absolute atomic E-state index is 1.15. The molecule has 0 fully saturated rings. The summed E-state index contributed by atoms with van der Waals surface area (Å²) in [6, 6.07) is 4.23. The van der Waals surface area contributed by atoms with Crippen molar-refractivity contribution in [3.63, 3.8) is 0 Å². The van der Waals surface area contributed by atoms with E-state index in [1.165, 1.54) is 23.8 Å². The Balaban J connectivity index is 0.000000500. The molecule has 0 radical (unpaired) electrons. The fourth-order valence-electron chi connectivity index (χ4n) is 1.13. The normalized spacial score (nSPS) is 8.36. The zero-order chi connectivity index (χ0) is 10.8. The van der Waals surface area contributed by atoms with Crippen molar-refractivity contribution in [2.45, 2.75) is 33.2 Å². The van der Waals surface area contributed by atoms with Crippen LogP contribution < -0.4 is 4.57 Å². The van der Waals surface area contributed by atoms with Crippen molar-refractivity contribution in [1.29, 1.82) is 5.26 Å².